The Labute approximate surface area is 125 Å². The average Bonchev–Trinajstić information content (AvgIpc) is 2.41. The van der Waals surface area contributed by atoms with Gasteiger partial charge in [0.25, 0.3) is 0 Å². The molecule has 2 N–H and O–H groups in total. The van der Waals surface area contributed by atoms with Crippen LogP contribution < -0.4 is 5.73 Å². The second-order valence-corrected chi connectivity index (χ2v) is 6.87. The van der Waals surface area contributed by atoms with Crippen LogP contribution in [0.15, 0.2) is 34.7 Å². The molecule has 1 aromatic carbocycles. The van der Waals surface area contributed by atoms with Crippen molar-refractivity contribution in [1.29, 1.82) is 0 Å². The van der Waals surface area contributed by atoms with Gasteiger partial charge in [-0.05, 0) is 24.6 Å². The summed E-state index contributed by atoms with van der Waals surface area (Å²) in [5.41, 5.74) is 4.94. The number of halogens is 4. The van der Waals surface area contributed by atoms with Crippen molar-refractivity contribution in [2.24, 2.45) is 0 Å². The minimum absolute atomic E-state index is 0.0896. The molecule has 0 aliphatic carbocycles. The predicted octanol–water partition coefficient (Wildman–Crippen LogP) is 2.81. The molecule has 9 heteroatoms. The molecule has 116 valence electrons. The third-order valence-corrected chi connectivity index (χ3v) is 5.35. The van der Waals surface area contributed by atoms with Crippen molar-refractivity contribution in [2.75, 3.05) is 18.8 Å². The maximum Gasteiger partial charge on any atom is 0.412 e. The summed E-state index contributed by atoms with van der Waals surface area (Å²) in [6.07, 6.45) is -3.90. The Hall–Kier alpha value is -1.25. The van der Waals surface area contributed by atoms with Crippen molar-refractivity contribution in [3.05, 3.63) is 34.9 Å². The first-order valence-electron chi connectivity index (χ1n) is 5.94. The highest BCUT2D eigenvalue weighted by molar-refractivity contribution is 7.89. The fourth-order valence-corrected chi connectivity index (χ4v) is 3.49. The van der Waals surface area contributed by atoms with Gasteiger partial charge in [-0.3, -0.25) is 0 Å². The van der Waals surface area contributed by atoms with Gasteiger partial charge in [0.15, 0.2) is 0 Å². The Kier molecular flexibility index (Phi) is 4.23. The van der Waals surface area contributed by atoms with E-state index in [2.05, 4.69) is 0 Å². The molecule has 2 rings (SSSR count). The van der Waals surface area contributed by atoms with Crippen LogP contribution in [0.1, 0.15) is 6.42 Å². The molecule has 0 saturated carbocycles. The quantitative estimate of drug-likeness (QED) is 0.665. The molecule has 1 aliphatic rings. The maximum atomic E-state index is 12.5. The smallest absolute Gasteiger partial charge is 0.397 e. The average molecular weight is 341 g/mol. The van der Waals surface area contributed by atoms with Crippen LogP contribution in [0.3, 0.4) is 0 Å². The van der Waals surface area contributed by atoms with Crippen molar-refractivity contribution < 1.29 is 21.6 Å². The minimum Gasteiger partial charge on any atom is -0.397 e. The molecule has 0 unspecified atom stereocenters. The summed E-state index contributed by atoms with van der Waals surface area (Å²) in [5.74, 6) is 0. The number of hydrogen-bond donors (Lipinski definition) is 1. The van der Waals surface area contributed by atoms with Crippen LogP contribution >= 0.6 is 11.6 Å². The lowest BCUT2D eigenvalue weighted by molar-refractivity contribution is -0.0953. The molecule has 0 amide bonds. The number of sulfonamides is 1. The Balaban J connectivity index is 2.26. The van der Waals surface area contributed by atoms with E-state index >= 15 is 0 Å². The molecule has 0 fully saturated rings. The van der Waals surface area contributed by atoms with Crippen molar-refractivity contribution in [3.63, 3.8) is 0 Å². The van der Waals surface area contributed by atoms with Crippen LogP contribution in [0.4, 0.5) is 18.9 Å². The van der Waals surface area contributed by atoms with Gasteiger partial charge in [-0.2, -0.15) is 17.5 Å². The normalized spacial score (nSPS) is 17.6. The minimum atomic E-state index is -4.42. The molecule has 0 radical (unpaired) electrons. The Morgan fingerprint density at radius 3 is 2.43 bits per heavy atom. The SMILES string of the molecule is Nc1cc(S(=O)(=O)N2CC=C(C(F)(F)F)CC2)ccc1Cl. The largest absolute Gasteiger partial charge is 0.412 e. The van der Waals surface area contributed by atoms with Gasteiger partial charge in [-0.25, -0.2) is 8.42 Å². The van der Waals surface area contributed by atoms with E-state index < -0.39 is 21.8 Å². The monoisotopic (exact) mass is 340 g/mol. The molecule has 1 heterocycles. The zero-order chi connectivity index (χ0) is 15.8. The summed E-state index contributed by atoms with van der Waals surface area (Å²) in [4.78, 5) is -0.0896. The summed E-state index contributed by atoms with van der Waals surface area (Å²) in [5, 5.41) is 0.215. The van der Waals surface area contributed by atoms with Crippen LogP contribution in [-0.2, 0) is 10.0 Å². The first kappa shape index (κ1) is 16.1. The molecule has 0 bridgehead atoms. The number of rotatable bonds is 2. The lowest BCUT2D eigenvalue weighted by atomic mass is 10.1. The highest BCUT2D eigenvalue weighted by Crippen LogP contribution is 2.32. The van der Waals surface area contributed by atoms with E-state index in [4.69, 9.17) is 17.3 Å². The fourth-order valence-electron chi connectivity index (χ4n) is 1.96. The summed E-state index contributed by atoms with van der Waals surface area (Å²) in [7, 11) is -3.89. The Morgan fingerprint density at radius 2 is 1.95 bits per heavy atom. The van der Waals surface area contributed by atoms with Crippen molar-refractivity contribution >= 4 is 27.3 Å². The number of nitrogen functional groups attached to an aromatic ring is 1. The highest BCUT2D eigenvalue weighted by atomic mass is 35.5. The number of anilines is 1. The van der Waals surface area contributed by atoms with Crippen molar-refractivity contribution in [3.8, 4) is 0 Å². The third kappa shape index (κ3) is 3.33. The number of nitrogens with two attached hydrogens (primary N) is 1. The molecule has 1 aromatic rings. The first-order chi connectivity index (χ1) is 9.62. The van der Waals surface area contributed by atoms with Gasteiger partial charge < -0.3 is 5.73 Å². The summed E-state index contributed by atoms with van der Waals surface area (Å²) < 4.78 is 63.2. The van der Waals surface area contributed by atoms with E-state index in [1.165, 1.54) is 18.2 Å². The van der Waals surface area contributed by atoms with E-state index in [1.807, 2.05) is 0 Å². The summed E-state index contributed by atoms with van der Waals surface area (Å²) in [6, 6.07) is 3.81. The number of hydrogen-bond acceptors (Lipinski definition) is 3. The van der Waals surface area contributed by atoms with E-state index in [1.54, 1.807) is 0 Å². The molecule has 21 heavy (non-hydrogen) atoms. The first-order valence-corrected chi connectivity index (χ1v) is 7.75. The van der Waals surface area contributed by atoms with Gasteiger partial charge in [0.2, 0.25) is 10.0 Å². The summed E-state index contributed by atoms with van der Waals surface area (Å²) >= 11 is 5.72. The second-order valence-electron chi connectivity index (χ2n) is 4.52. The van der Waals surface area contributed by atoms with Crippen molar-refractivity contribution in [2.45, 2.75) is 17.5 Å². The van der Waals surface area contributed by atoms with Gasteiger partial charge in [0.05, 0.1) is 15.6 Å². The number of alkyl halides is 3. The Morgan fingerprint density at radius 1 is 1.29 bits per heavy atom. The molecule has 4 nitrogen and oxygen atoms in total. The van der Waals surface area contributed by atoms with E-state index in [-0.39, 0.29) is 35.1 Å². The van der Waals surface area contributed by atoms with Gasteiger partial charge in [0.1, 0.15) is 0 Å². The van der Waals surface area contributed by atoms with E-state index in [0.29, 0.717) is 0 Å². The van der Waals surface area contributed by atoms with E-state index in [0.717, 1.165) is 10.4 Å². The number of benzene rings is 1. The van der Waals surface area contributed by atoms with Crippen LogP contribution in [0, 0.1) is 0 Å². The zero-order valence-corrected chi connectivity index (χ0v) is 12.3. The standard InChI is InChI=1S/C12H12ClF3N2O2S/c13-10-2-1-9(7-11(10)17)21(19,20)18-5-3-8(4-6-18)12(14,15)16/h1-3,7H,4-6,17H2. The lowest BCUT2D eigenvalue weighted by Crippen LogP contribution is -2.36. The fraction of sp³-hybridized carbons (Fsp3) is 0.333. The molecule has 0 saturated heterocycles. The van der Waals surface area contributed by atoms with E-state index in [9.17, 15) is 21.6 Å². The maximum absolute atomic E-state index is 12.5. The van der Waals surface area contributed by atoms with Gasteiger partial charge in [-0.15, -0.1) is 0 Å². The van der Waals surface area contributed by atoms with Gasteiger partial charge in [-0.1, -0.05) is 17.7 Å². The van der Waals surface area contributed by atoms with Gasteiger partial charge >= 0.3 is 6.18 Å². The second kappa shape index (κ2) is 5.51. The molecule has 0 spiro atoms. The molecule has 0 atom stereocenters. The topological polar surface area (TPSA) is 63.4 Å². The van der Waals surface area contributed by atoms with Crippen LogP contribution in [0.5, 0.6) is 0 Å². The molecular formula is C12H12ClF3N2O2S. The summed E-state index contributed by atoms with van der Waals surface area (Å²) in [6.45, 7) is -0.546. The van der Waals surface area contributed by atoms with Crippen LogP contribution in [0.25, 0.3) is 0 Å². The zero-order valence-electron chi connectivity index (χ0n) is 10.7. The van der Waals surface area contributed by atoms with Crippen molar-refractivity contribution in [1.82, 2.24) is 4.31 Å². The number of nitrogens with zero attached hydrogens (tertiary/aromatic N) is 1. The highest BCUT2D eigenvalue weighted by Gasteiger charge is 2.37. The van der Waals surface area contributed by atoms with Crippen LogP contribution in [-0.4, -0.2) is 32.0 Å². The van der Waals surface area contributed by atoms with Crippen LogP contribution in [0.2, 0.25) is 5.02 Å². The molecule has 1 aliphatic heterocycles. The predicted molar refractivity (Wildman–Crippen MR) is 73.4 cm³/mol. The Bertz CT molecular complexity index is 686. The third-order valence-electron chi connectivity index (χ3n) is 3.14. The lowest BCUT2D eigenvalue weighted by Gasteiger charge is -2.26. The van der Waals surface area contributed by atoms with Gasteiger partial charge in [0, 0.05) is 18.7 Å². The molecule has 0 aromatic heterocycles. The molecular weight excluding hydrogens is 329 g/mol.